The summed E-state index contributed by atoms with van der Waals surface area (Å²) < 4.78 is 2.18. The highest BCUT2D eigenvalue weighted by atomic mass is 16.3. The van der Waals surface area contributed by atoms with Crippen molar-refractivity contribution in [3.8, 4) is 6.07 Å². The largest absolute Gasteiger partial charge is 0.393 e. The van der Waals surface area contributed by atoms with E-state index < -0.39 is 0 Å². The predicted octanol–water partition coefficient (Wildman–Crippen LogP) is 2.92. The van der Waals surface area contributed by atoms with Gasteiger partial charge in [-0.05, 0) is 36.6 Å². The zero-order chi connectivity index (χ0) is 17.2. The molecule has 3 aromatic rings. The smallest absolute Gasteiger partial charge is 0.206 e. The number of para-hydroxylation sites is 2. The number of anilines is 1. The minimum atomic E-state index is -0.214. The molecule has 4 rings (SSSR count). The van der Waals surface area contributed by atoms with Crippen molar-refractivity contribution in [1.82, 2.24) is 9.55 Å². The Balaban J connectivity index is 1.78. The molecule has 0 radical (unpaired) electrons. The molecular formula is C20H20N4O. The van der Waals surface area contributed by atoms with Crippen molar-refractivity contribution in [3.05, 3.63) is 59.7 Å². The first kappa shape index (κ1) is 15.7. The maximum atomic E-state index is 9.80. The van der Waals surface area contributed by atoms with Gasteiger partial charge >= 0.3 is 0 Å². The molecule has 1 fully saturated rings. The molecule has 0 unspecified atom stereocenters. The summed E-state index contributed by atoms with van der Waals surface area (Å²) in [6.45, 7) is 2.20. The average Bonchev–Trinajstić information content (AvgIpc) is 3.01. The van der Waals surface area contributed by atoms with E-state index in [-0.39, 0.29) is 6.10 Å². The molecule has 126 valence electrons. The molecule has 2 heterocycles. The Bertz CT molecular complexity index is 932. The van der Waals surface area contributed by atoms with Crippen LogP contribution in [0.25, 0.3) is 11.0 Å². The summed E-state index contributed by atoms with van der Waals surface area (Å²) in [5, 5.41) is 19.2. The van der Waals surface area contributed by atoms with Gasteiger partial charge in [-0.15, -0.1) is 0 Å². The standard InChI is InChI=1S/C20H20N4O/c21-13-15-5-1-2-6-16(15)14-24-19-8-4-3-7-18(19)22-20(24)23-11-9-17(25)10-12-23/h1-8,17,25H,9-12,14H2. The summed E-state index contributed by atoms with van der Waals surface area (Å²) in [4.78, 5) is 7.08. The first-order valence-corrected chi connectivity index (χ1v) is 8.62. The van der Waals surface area contributed by atoms with E-state index in [2.05, 4.69) is 21.6 Å². The van der Waals surface area contributed by atoms with Crippen molar-refractivity contribution < 1.29 is 5.11 Å². The van der Waals surface area contributed by atoms with E-state index in [9.17, 15) is 10.4 Å². The van der Waals surface area contributed by atoms with Crippen LogP contribution in [0.15, 0.2) is 48.5 Å². The molecule has 1 saturated heterocycles. The molecular weight excluding hydrogens is 312 g/mol. The number of nitriles is 1. The minimum absolute atomic E-state index is 0.214. The Hall–Kier alpha value is -2.84. The fourth-order valence-electron chi connectivity index (χ4n) is 3.46. The fraction of sp³-hybridized carbons (Fsp3) is 0.300. The lowest BCUT2D eigenvalue weighted by molar-refractivity contribution is 0.145. The molecule has 0 amide bonds. The number of nitrogens with zero attached hydrogens (tertiary/aromatic N) is 4. The van der Waals surface area contributed by atoms with Crippen LogP contribution in [0.5, 0.6) is 0 Å². The third-order valence-corrected chi connectivity index (χ3v) is 4.85. The van der Waals surface area contributed by atoms with E-state index in [0.717, 1.165) is 48.5 Å². The topological polar surface area (TPSA) is 65.1 Å². The number of piperidine rings is 1. The SMILES string of the molecule is N#Cc1ccccc1Cn1c(N2CCC(O)CC2)nc2ccccc21. The molecule has 0 saturated carbocycles. The number of hydrogen-bond acceptors (Lipinski definition) is 4. The first-order chi connectivity index (χ1) is 12.3. The van der Waals surface area contributed by atoms with Crippen LogP contribution in [0.2, 0.25) is 0 Å². The number of aromatic nitrogens is 2. The lowest BCUT2D eigenvalue weighted by Gasteiger charge is -2.31. The van der Waals surface area contributed by atoms with Gasteiger partial charge in [-0.1, -0.05) is 30.3 Å². The molecule has 1 N–H and O–H groups in total. The summed E-state index contributed by atoms with van der Waals surface area (Å²) in [5.41, 5.74) is 3.71. The molecule has 0 atom stereocenters. The van der Waals surface area contributed by atoms with E-state index >= 15 is 0 Å². The number of hydrogen-bond donors (Lipinski definition) is 1. The third-order valence-electron chi connectivity index (χ3n) is 4.85. The van der Waals surface area contributed by atoms with Crippen LogP contribution >= 0.6 is 0 Å². The summed E-state index contributed by atoms with van der Waals surface area (Å²) >= 11 is 0. The Labute approximate surface area is 146 Å². The van der Waals surface area contributed by atoms with Gasteiger partial charge < -0.3 is 14.6 Å². The highest BCUT2D eigenvalue weighted by molar-refractivity contribution is 5.79. The van der Waals surface area contributed by atoms with Crippen LogP contribution in [-0.2, 0) is 6.54 Å². The third kappa shape index (κ3) is 2.97. The Morgan fingerprint density at radius 3 is 2.60 bits per heavy atom. The van der Waals surface area contributed by atoms with Gasteiger partial charge in [0.05, 0.1) is 35.3 Å². The van der Waals surface area contributed by atoms with Crippen LogP contribution < -0.4 is 4.90 Å². The number of benzene rings is 2. The van der Waals surface area contributed by atoms with Crippen LogP contribution in [-0.4, -0.2) is 33.9 Å². The summed E-state index contributed by atoms with van der Waals surface area (Å²) in [5.74, 6) is 0.917. The average molecular weight is 332 g/mol. The summed E-state index contributed by atoms with van der Waals surface area (Å²) in [7, 11) is 0. The maximum absolute atomic E-state index is 9.80. The number of aliphatic hydroxyl groups is 1. The second-order valence-electron chi connectivity index (χ2n) is 6.47. The molecule has 1 aromatic heterocycles. The van der Waals surface area contributed by atoms with E-state index in [1.165, 1.54) is 0 Å². The van der Waals surface area contributed by atoms with E-state index in [1.807, 2.05) is 42.5 Å². The molecule has 25 heavy (non-hydrogen) atoms. The second-order valence-corrected chi connectivity index (χ2v) is 6.47. The zero-order valence-corrected chi connectivity index (χ0v) is 14.0. The summed E-state index contributed by atoms with van der Waals surface area (Å²) in [6.07, 6.45) is 1.31. The van der Waals surface area contributed by atoms with Crippen molar-refractivity contribution in [3.63, 3.8) is 0 Å². The lowest BCUT2D eigenvalue weighted by atomic mass is 10.1. The van der Waals surface area contributed by atoms with Gasteiger partial charge in [0.25, 0.3) is 0 Å². The predicted molar refractivity (Wildman–Crippen MR) is 97.4 cm³/mol. The number of rotatable bonds is 3. The fourth-order valence-corrected chi connectivity index (χ4v) is 3.46. The van der Waals surface area contributed by atoms with E-state index in [0.29, 0.717) is 12.1 Å². The van der Waals surface area contributed by atoms with Gasteiger partial charge in [0.2, 0.25) is 5.95 Å². The van der Waals surface area contributed by atoms with Crippen LogP contribution in [0, 0.1) is 11.3 Å². The van der Waals surface area contributed by atoms with Gasteiger partial charge in [0, 0.05) is 13.1 Å². The minimum Gasteiger partial charge on any atom is -0.393 e. The monoisotopic (exact) mass is 332 g/mol. The van der Waals surface area contributed by atoms with Crippen LogP contribution in [0.1, 0.15) is 24.0 Å². The summed E-state index contributed by atoms with van der Waals surface area (Å²) in [6, 6.07) is 18.1. The van der Waals surface area contributed by atoms with E-state index in [1.54, 1.807) is 0 Å². The first-order valence-electron chi connectivity index (χ1n) is 8.62. The molecule has 0 aliphatic carbocycles. The highest BCUT2D eigenvalue weighted by Crippen LogP contribution is 2.27. The van der Waals surface area contributed by atoms with Gasteiger partial charge in [0.1, 0.15) is 0 Å². The zero-order valence-electron chi connectivity index (χ0n) is 14.0. The van der Waals surface area contributed by atoms with Gasteiger partial charge in [-0.3, -0.25) is 0 Å². The van der Waals surface area contributed by atoms with Gasteiger partial charge in [-0.25, -0.2) is 4.98 Å². The maximum Gasteiger partial charge on any atom is 0.206 e. The molecule has 0 bridgehead atoms. The van der Waals surface area contributed by atoms with Crippen LogP contribution in [0.4, 0.5) is 5.95 Å². The second kappa shape index (κ2) is 6.58. The van der Waals surface area contributed by atoms with Crippen molar-refractivity contribution in [2.24, 2.45) is 0 Å². The molecule has 5 heteroatoms. The Morgan fingerprint density at radius 1 is 1.08 bits per heavy atom. The Kier molecular flexibility index (Phi) is 4.12. The number of imidazole rings is 1. The molecule has 1 aliphatic rings. The van der Waals surface area contributed by atoms with Crippen LogP contribution in [0.3, 0.4) is 0 Å². The van der Waals surface area contributed by atoms with Crippen molar-refractivity contribution >= 4 is 17.0 Å². The normalized spacial score (nSPS) is 15.4. The molecule has 0 spiro atoms. The van der Waals surface area contributed by atoms with E-state index in [4.69, 9.17) is 4.98 Å². The van der Waals surface area contributed by atoms with Crippen molar-refractivity contribution in [2.75, 3.05) is 18.0 Å². The van der Waals surface area contributed by atoms with Crippen molar-refractivity contribution in [2.45, 2.75) is 25.5 Å². The molecule has 2 aromatic carbocycles. The van der Waals surface area contributed by atoms with Gasteiger partial charge in [-0.2, -0.15) is 5.26 Å². The highest BCUT2D eigenvalue weighted by Gasteiger charge is 2.22. The molecule has 5 nitrogen and oxygen atoms in total. The van der Waals surface area contributed by atoms with Crippen molar-refractivity contribution in [1.29, 1.82) is 5.26 Å². The number of aliphatic hydroxyl groups excluding tert-OH is 1. The molecule has 1 aliphatic heterocycles. The lowest BCUT2D eigenvalue weighted by Crippen LogP contribution is -2.37. The van der Waals surface area contributed by atoms with Gasteiger partial charge in [0.15, 0.2) is 0 Å². The number of fused-ring (bicyclic) bond motifs is 1. The quantitative estimate of drug-likeness (QED) is 0.801. The Morgan fingerprint density at radius 2 is 1.80 bits per heavy atom.